The van der Waals surface area contributed by atoms with Crippen molar-refractivity contribution in [3.05, 3.63) is 53.8 Å². The zero-order valence-electron chi connectivity index (χ0n) is 15.1. The standard InChI is InChI=1S/C19H19F3N4O2/c1-12(27)23-13-3-2-4-14(11-13)24-19(28)26-9-7-25(8-10-26)16-6-5-15(20)17(21)18(16)22/h2-6,11H,7-10H2,1H3,(H,23,27)(H,24,28). The van der Waals surface area contributed by atoms with Crippen LogP contribution in [0.4, 0.5) is 35.0 Å². The van der Waals surface area contributed by atoms with Gasteiger partial charge in [0.15, 0.2) is 17.5 Å². The first-order chi connectivity index (χ1) is 13.3. The van der Waals surface area contributed by atoms with Crippen LogP contribution < -0.4 is 15.5 Å². The zero-order valence-corrected chi connectivity index (χ0v) is 15.1. The van der Waals surface area contributed by atoms with Crippen LogP contribution in [-0.4, -0.2) is 43.0 Å². The van der Waals surface area contributed by atoms with E-state index in [0.717, 1.165) is 6.07 Å². The normalized spacial score (nSPS) is 14.0. The molecule has 0 atom stereocenters. The molecule has 3 rings (SSSR count). The minimum atomic E-state index is -1.50. The lowest BCUT2D eigenvalue weighted by Gasteiger charge is -2.36. The summed E-state index contributed by atoms with van der Waals surface area (Å²) in [5.74, 6) is -4.19. The summed E-state index contributed by atoms with van der Waals surface area (Å²) in [6, 6.07) is 8.45. The molecule has 1 aliphatic rings. The Morgan fingerprint density at radius 2 is 1.54 bits per heavy atom. The number of carbonyl (C=O) groups excluding carboxylic acids is 2. The number of carbonyl (C=O) groups is 2. The Balaban J connectivity index is 1.60. The molecule has 1 heterocycles. The Morgan fingerprint density at radius 1 is 0.893 bits per heavy atom. The molecule has 2 aromatic carbocycles. The average Bonchev–Trinajstić information content (AvgIpc) is 2.66. The van der Waals surface area contributed by atoms with Crippen LogP contribution in [0.1, 0.15) is 6.92 Å². The molecule has 2 aromatic rings. The lowest BCUT2D eigenvalue weighted by Crippen LogP contribution is -2.50. The molecule has 1 aliphatic heterocycles. The molecule has 0 unspecified atom stereocenters. The number of urea groups is 1. The molecular weight excluding hydrogens is 373 g/mol. The third kappa shape index (κ3) is 4.36. The third-order valence-electron chi connectivity index (χ3n) is 4.36. The largest absolute Gasteiger partial charge is 0.366 e. The molecule has 0 saturated carbocycles. The van der Waals surface area contributed by atoms with Crippen LogP contribution in [0.3, 0.4) is 0 Å². The minimum absolute atomic E-state index is 0.0260. The summed E-state index contributed by atoms with van der Waals surface area (Å²) in [5, 5.41) is 5.37. The van der Waals surface area contributed by atoms with Crippen molar-refractivity contribution in [2.75, 3.05) is 41.7 Å². The maximum Gasteiger partial charge on any atom is 0.321 e. The van der Waals surface area contributed by atoms with Crippen molar-refractivity contribution in [3.63, 3.8) is 0 Å². The van der Waals surface area contributed by atoms with Crippen molar-refractivity contribution in [2.45, 2.75) is 6.92 Å². The smallest absolute Gasteiger partial charge is 0.321 e. The highest BCUT2D eigenvalue weighted by atomic mass is 19.2. The Hall–Kier alpha value is -3.23. The summed E-state index contributed by atoms with van der Waals surface area (Å²) < 4.78 is 40.4. The van der Waals surface area contributed by atoms with Gasteiger partial charge in [0.05, 0.1) is 5.69 Å². The first-order valence-electron chi connectivity index (χ1n) is 8.67. The van der Waals surface area contributed by atoms with Gasteiger partial charge in [-0.05, 0) is 30.3 Å². The minimum Gasteiger partial charge on any atom is -0.366 e. The van der Waals surface area contributed by atoms with Crippen LogP contribution in [0, 0.1) is 17.5 Å². The van der Waals surface area contributed by atoms with E-state index in [2.05, 4.69) is 10.6 Å². The maximum absolute atomic E-state index is 13.9. The van der Waals surface area contributed by atoms with Gasteiger partial charge in [0.2, 0.25) is 5.91 Å². The predicted molar refractivity (Wildman–Crippen MR) is 99.9 cm³/mol. The van der Waals surface area contributed by atoms with E-state index in [1.807, 2.05) is 0 Å². The van der Waals surface area contributed by atoms with Gasteiger partial charge in [0, 0.05) is 44.5 Å². The second-order valence-electron chi connectivity index (χ2n) is 6.36. The van der Waals surface area contributed by atoms with E-state index in [1.165, 1.54) is 13.0 Å². The van der Waals surface area contributed by atoms with Crippen LogP contribution >= 0.6 is 0 Å². The molecule has 9 heteroatoms. The van der Waals surface area contributed by atoms with Crippen molar-refractivity contribution in [1.82, 2.24) is 4.90 Å². The Labute approximate surface area is 159 Å². The van der Waals surface area contributed by atoms with E-state index in [4.69, 9.17) is 0 Å². The molecule has 0 radical (unpaired) electrons. The number of hydrogen-bond donors (Lipinski definition) is 2. The summed E-state index contributed by atoms with van der Waals surface area (Å²) in [6.07, 6.45) is 0. The number of benzene rings is 2. The van der Waals surface area contributed by atoms with E-state index in [9.17, 15) is 22.8 Å². The van der Waals surface area contributed by atoms with Crippen LogP contribution in [0.25, 0.3) is 0 Å². The van der Waals surface area contributed by atoms with Gasteiger partial charge in [-0.3, -0.25) is 4.79 Å². The van der Waals surface area contributed by atoms with E-state index in [-0.39, 0.29) is 43.8 Å². The van der Waals surface area contributed by atoms with E-state index in [1.54, 1.807) is 34.1 Å². The highest BCUT2D eigenvalue weighted by molar-refractivity contribution is 5.92. The van der Waals surface area contributed by atoms with Gasteiger partial charge in [-0.25, -0.2) is 18.0 Å². The molecule has 1 fully saturated rings. The zero-order chi connectivity index (χ0) is 20.3. The van der Waals surface area contributed by atoms with Gasteiger partial charge < -0.3 is 20.4 Å². The first kappa shape index (κ1) is 19.5. The number of rotatable bonds is 3. The van der Waals surface area contributed by atoms with Gasteiger partial charge in [0.1, 0.15) is 0 Å². The second kappa shape index (κ2) is 8.20. The van der Waals surface area contributed by atoms with E-state index in [0.29, 0.717) is 11.4 Å². The van der Waals surface area contributed by atoms with E-state index >= 15 is 0 Å². The molecule has 0 aromatic heterocycles. The molecular formula is C19H19F3N4O2. The fraction of sp³-hybridized carbons (Fsp3) is 0.263. The lowest BCUT2D eigenvalue weighted by molar-refractivity contribution is -0.114. The summed E-state index contributed by atoms with van der Waals surface area (Å²) in [5.41, 5.74) is 1.05. The van der Waals surface area contributed by atoms with Gasteiger partial charge in [0.25, 0.3) is 0 Å². The van der Waals surface area contributed by atoms with Crippen molar-refractivity contribution in [3.8, 4) is 0 Å². The number of halogens is 3. The molecule has 0 aliphatic carbocycles. The molecule has 28 heavy (non-hydrogen) atoms. The fourth-order valence-electron chi connectivity index (χ4n) is 2.99. The Bertz CT molecular complexity index is 899. The molecule has 2 N–H and O–H groups in total. The molecule has 6 nitrogen and oxygen atoms in total. The van der Waals surface area contributed by atoms with Crippen LogP contribution in [0.15, 0.2) is 36.4 Å². The van der Waals surface area contributed by atoms with Gasteiger partial charge >= 0.3 is 6.03 Å². The van der Waals surface area contributed by atoms with Gasteiger partial charge in [-0.15, -0.1) is 0 Å². The third-order valence-corrected chi connectivity index (χ3v) is 4.36. The molecule has 3 amide bonds. The van der Waals surface area contributed by atoms with Crippen molar-refractivity contribution in [1.29, 1.82) is 0 Å². The first-order valence-corrected chi connectivity index (χ1v) is 8.67. The van der Waals surface area contributed by atoms with Crippen LogP contribution in [0.5, 0.6) is 0 Å². The average molecular weight is 392 g/mol. The van der Waals surface area contributed by atoms with Gasteiger partial charge in [-0.1, -0.05) is 6.07 Å². The number of amides is 3. The molecule has 1 saturated heterocycles. The quantitative estimate of drug-likeness (QED) is 0.787. The maximum atomic E-state index is 13.9. The number of nitrogens with one attached hydrogen (secondary N) is 2. The summed E-state index contributed by atoms with van der Waals surface area (Å²) >= 11 is 0. The van der Waals surface area contributed by atoms with E-state index < -0.39 is 17.5 Å². The number of piperazine rings is 1. The van der Waals surface area contributed by atoms with Crippen molar-refractivity contribution in [2.24, 2.45) is 0 Å². The molecule has 148 valence electrons. The molecule has 0 spiro atoms. The predicted octanol–water partition coefficient (Wildman–Crippen LogP) is 3.42. The Kier molecular flexibility index (Phi) is 5.72. The van der Waals surface area contributed by atoms with Crippen molar-refractivity contribution >= 4 is 29.0 Å². The van der Waals surface area contributed by atoms with Crippen LogP contribution in [-0.2, 0) is 4.79 Å². The summed E-state index contributed by atoms with van der Waals surface area (Å²) in [7, 11) is 0. The second-order valence-corrected chi connectivity index (χ2v) is 6.36. The SMILES string of the molecule is CC(=O)Nc1cccc(NC(=O)N2CCN(c3ccc(F)c(F)c3F)CC2)c1. The summed E-state index contributed by atoms with van der Waals surface area (Å²) in [4.78, 5) is 26.7. The number of anilines is 3. The summed E-state index contributed by atoms with van der Waals surface area (Å²) in [6.45, 7) is 2.52. The van der Waals surface area contributed by atoms with Crippen molar-refractivity contribution < 1.29 is 22.8 Å². The highest BCUT2D eigenvalue weighted by Gasteiger charge is 2.25. The topological polar surface area (TPSA) is 64.7 Å². The molecule has 0 bridgehead atoms. The Morgan fingerprint density at radius 3 is 2.18 bits per heavy atom. The number of nitrogens with zero attached hydrogens (tertiary/aromatic N) is 2. The van der Waals surface area contributed by atoms with Crippen LogP contribution in [0.2, 0.25) is 0 Å². The van der Waals surface area contributed by atoms with Gasteiger partial charge in [-0.2, -0.15) is 0 Å². The lowest BCUT2D eigenvalue weighted by atomic mass is 10.2. The number of hydrogen-bond acceptors (Lipinski definition) is 3. The monoisotopic (exact) mass is 392 g/mol. The fourth-order valence-corrected chi connectivity index (χ4v) is 2.99. The highest BCUT2D eigenvalue weighted by Crippen LogP contribution is 2.25.